The fraction of sp³-hybridized carbons (Fsp3) is 0.500. The molecule has 2 aromatic rings. The molecular formula is C28H38ClN3O3S2. The van der Waals surface area contributed by atoms with Crippen LogP contribution in [-0.4, -0.2) is 47.0 Å². The number of hydrogen-bond donors (Lipinski definition) is 3. The highest BCUT2D eigenvalue weighted by Crippen LogP contribution is 2.27. The van der Waals surface area contributed by atoms with Crippen LogP contribution in [0.25, 0.3) is 0 Å². The quantitative estimate of drug-likeness (QED) is 0.345. The van der Waals surface area contributed by atoms with Crippen molar-refractivity contribution in [2.75, 3.05) is 23.1 Å². The molecule has 0 radical (unpaired) electrons. The lowest BCUT2D eigenvalue weighted by atomic mass is 9.91. The maximum Gasteiger partial charge on any atom is 0.243 e. The van der Waals surface area contributed by atoms with Crippen LogP contribution in [0.2, 0.25) is 0 Å². The van der Waals surface area contributed by atoms with Gasteiger partial charge in [0.25, 0.3) is 0 Å². The van der Waals surface area contributed by atoms with Crippen molar-refractivity contribution in [3.05, 3.63) is 65.7 Å². The Morgan fingerprint density at radius 3 is 2.49 bits per heavy atom. The molecule has 1 saturated heterocycles. The molecule has 202 valence electrons. The highest BCUT2D eigenvalue weighted by Gasteiger charge is 2.28. The van der Waals surface area contributed by atoms with Crippen LogP contribution >= 0.6 is 35.9 Å². The van der Waals surface area contributed by atoms with Crippen molar-refractivity contribution in [3.8, 4) is 5.75 Å². The molecule has 2 fully saturated rings. The SMILES string of the molecule is Cl.O=C(N[C@@H](CSCC1CCCCC1)C(=O)NCc1ccc(OCc2ccccc2)cc1)[C@@H]1CSCN1. The van der Waals surface area contributed by atoms with Gasteiger partial charge < -0.3 is 15.4 Å². The summed E-state index contributed by atoms with van der Waals surface area (Å²) in [7, 11) is 0. The van der Waals surface area contributed by atoms with Gasteiger partial charge in [-0.2, -0.15) is 11.8 Å². The topological polar surface area (TPSA) is 79.5 Å². The molecule has 1 aliphatic carbocycles. The molecule has 9 heteroatoms. The number of rotatable bonds is 12. The Morgan fingerprint density at radius 2 is 1.78 bits per heavy atom. The Morgan fingerprint density at radius 1 is 1.03 bits per heavy atom. The Labute approximate surface area is 235 Å². The molecule has 37 heavy (non-hydrogen) atoms. The van der Waals surface area contributed by atoms with Gasteiger partial charge in [0.2, 0.25) is 11.8 Å². The number of halogens is 1. The van der Waals surface area contributed by atoms with Crippen molar-refractivity contribution in [2.45, 2.75) is 57.3 Å². The Kier molecular flexibility index (Phi) is 13.0. The van der Waals surface area contributed by atoms with Crippen LogP contribution < -0.4 is 20.7 Å². The van der Waals surface area contributed by atoms with Gasteiger partial charge in [-0.3, -0.25) is 14.9 Å². The molecule has 1 saturated carbocycles. The summed E-state index contributed by atoms with van der Waals surface area (Å²) in [6.07, 6.45) is 6.53. The van der Waals surface area contributed by atoms with Gasteiger partial charge in [0, 0.05) is 23.9 Å². The van der Waals surface area contributed by atoms with E-state index in [1.165, 1.54) is 32.1 Å². The molecule has 0 spiro atoms. The van der Waals surface area contributed by atoms with Gasteiger partial charge >= 0.3 is 0 Å². The first-order valence-corrected chi connectivity index (χ1v) is 15.2. The summed E-state index contributed by atoms with van der Waals surface area (Å²) in [5, 5.41) is 9.23. The van der Waals surface area contributed by atoms with E-state index in [0.29, 0.717) is 18.9 Å². The number of nitrogens with one attached hydrogen (secondary N) is 3. The predicted molar refractivity (Wildman–Crippen MR) is 156 cm³/mol. The molecule has 0 aromatic heterocycles. The molecule has 2 aliphatic rings. The van der Waals surface area contributed by atoms with Crippen molar-refractivity contribution < 1.29 is 14.3 Å². The summed E-state index contributed by atoms with van der Waals surface area (Å²) in [4.78, 5) is 25.8. The normalized spacial score (nSPS) is 18.4. The Bertz CT molecular complexity index is 953. The molecule has 0 unspecified atom stereocenters. The zero-order valence-corrected chi connectivity index (χ0v) is 23.6. The fourth-order valence-electron chi connectivity index (χ4n) is 4.48. The molecule has 2 aromatic carbocycles. The lowest BCUT2D eigenvalue weighted by Gasteiger charge is -2.23. The zero-order valence-electron chi connectivity index (χ0n) is 21.2. The first kappa shape index (κ1) is 29.7. The van der Waals surface area contributed by atoms with Gasteiger partial charge in [0.05, 0.1) is 6.04 Å². The number of ether oxygens (including phenoxy) is 1. The third kappa shape index (κ3) is 10.1. The summed E-state index contributed by atoms with van der Waals surface area (Å²) in [6.45, 7) is 0.931. The minimum Gasteiger partial charge on any atom is -0.489 e. The van der Waals surface area contributed by atoms with E-state index in [2.05, 4.69) is 16.0 Å². The van der Waals surface area contributed by atoms with Crippen molar-refractivity contribution in [1.29, 1.82) is 0 Å². The van der Waals surface area contributed by atoms with E-state index in [-0.39, 0.29) is 30.3 Å². The molecular weight excluding hydrogens is 526 g/mol. The third-order valence-electron chi connectivity index (χ3n) is 6.67. The van der Waals surface area contributed by atoms with E-state index in [4.69, 9.17) is 4.74 Å². The number of hydrogen-bond acceptors (Lipinski definition) is 6. The molecule has 0 bridgehead atoms. The standard InChI is InChI=1S/C28H37N3O3S2.ClH/c32-27(29-15-21-11-13-24(14-12-21)34-16-22-7-3-1-4-8-22)26(31-28(33)25-18-36-20-30-25)19-35-17-23-9-5-2-6-10-23;/h1,3-4,7-8,11-14,23,25-26,30H,2,5-6,9-10,15-20H2,(H,29,32)(H,31,33);1H/t25-,26-;/m0./s1. The second-order valence-electron chi connectivity index (χ2n) is 9.51. The lowest BCUT2D eigenvalue weighted by molar-refractivity contribution is -0.129. The minimum atomic E-state index is -0.535. The van der Waals surface area contributed by atoms with Crippen molar-refractivity contribution in [2.24, 2.45) is 5.92 Å². The summed E-state index contributed by atoms with van der Waals surface area (Å²) < 4.78 is 5.85. The van der Waals surface area contributed by atoms with Crippen LogP contribution in [0.15, 0.2) is 54.6 Å². The molecule has 1 heterocycles. The molecule has 2 amide bonds. The van der Waals surface area contributed by atoms with Crippen molar-refractivity contribution in [3.63, 3.8) is 0 Å². The Hall–Kier alpha value is -1.87. The maximum absolute atomic E-state index is 13.1. The lowest BCUT2D eigenvalue weighted by Crippen LogP contribution is -2.53. The summed E-state index contributed by atoms with van der Waals surface area (Å²) in [6, 6.07) is 17.1. The van der Waals surface area contributed by atoms with E-state index in [1.54, 1.807) is 23.5 Å². The molecule has 4 rings (SSSR count). The number of benzene rings is 2. The van der Waals surface area contributed by atoms with E-state index < -0.39 is 6.04 Å². The number of amides is 2. The average Bonchev–Trinajstić information content (AvgIpc) is 3.47. The van der Waals surface area contributed by atoms with Gasteiger partial charge in [-0.05, 0) is 47.8 Å². The Balaban J connectivity index is 0.00000380. The van der Waals surface area contributed by atoms with E-state index in [1.807, 2.05) is 54.6 Å². The zero-order chi connectivity index (χ0) is 25.0. The molecule has 1 aliphatic heterocycles. The fourth-order valence-corrected chi connectivity index (χ4v) is 6.70. The van der Waals surface area contributed by atoms with Gasteiger partial charge in [0.15, 0.2) is 0 Å². The van der Waals surface area contributed by atoms with Crippen LogP contribution in [-0.2, 0) is 22.7 Å². The van der Waals surface area contributed by atoms with Crippen LogP contribution in [0.4, 0.5) is 0 Å². The first-order valence-electron chi connectivity index (χ1n) is 12.9. The van der Waals surface area contributed by atoms with Crippen LogP contribution in [0, 0.1) is 5.92 Å². The first-order chi connectivity index (χ1) is 17.7. The summed E-state index contributed by atoms with van der Waals surface area (Å²) >= 11 is 3.50. The van der Waals surface area contributed by atoms with E-state index >= 15 is 0 Å². The largest absolute Gasteiger partial charge is 0.489 e. The van der Waals surface area contributed by atoms with Gasteiger partial charge in [-0.15, -0.1) is 24.2 Å². The molecule has 6 nitrogen and oxygen atoms in total. The molecule has 2 atom stereocenters. The van der Waals surface area contributed by atoms with Crippen LogP contribution in [0.3, 0.4) is 0 Å². The van der Waals surface area contributed by atoms with Crippen LogP contribution in [0.1, 0.15) is 43.2 Å². The second kappa shape index (κ2) is 16.2. The number of carbonyl (C=O) groups is 2. The number of thioether (sulfide) groups is 2. The maximum atomic E-state index is 13.1. The predicted octanol–water partition coefficient (Wildman–Crippen LogP) is 4.76. The van der Waals surface area contributed by atoms with Crippen LogP contribution in [0.5, 0.6) is 5.75 Å². The second-order valence-corrected chi connectivity index (χ2v) is 11.6. The average molecular weight is 564 g/mol. The highest BCUT2D eigenvalue weighted by molar-refractivity contribution is 7.99. The summed E-state index contributed by atoms with van der Waals surface area (Å²) in [5.74, 6) is 4.48. The third-order valence-corrected chi connectivity index (χ3v) is 8.88. The van der Waals surface area contributed by atoms with E-state index in [9.17, 15) is 9.59 Å². The highest BCUT2D eigenvalue weighted by atomic mass is 35.5. The van der Waals surface area contributed by atoms with Gasteiger partial charge in [-0.1, -0.05) is 61.7 Å². The van der Waals surface area contributed by atoms with Crippen molar-refractivity contribution >= 4 is 47.7 Å². The molecule has 3 N–H and O–H groups in total. The smallest absolute Gasteiger partial charge is 0.243 e. The minimum absolute atomic E-state index is 0. The van der Waals surface area contributed by atoms with Gasteiger partial charge in [-0.25, -0.2) is 0 Å². The van der Waals surface area contributed by atoms with E-state index in [0.717, 1.165) is 40.2 Å². The van der Waals surface area contributed by atoms with Crippen molar-refractivity contribution in [1.82, 2.24) is 16.0 Å². The monoisotopic (exact) mass is 563 g/mol. The van der Waals surface area contributed by atoms with Gasteiger partial charge in [0.1, 0.15) is 18.4 Å². The number of carbonyl (C=O) groups excluding carboxylic acids is 2. The summed E-state index contributed by atoms with van der Waals surface area (Å²) in [5.41, 5.74) is 2.11.